The number of anilines is 1. The first kappa shape index (κ1) is 18.7. The number of benzene rings is 2. The highest BCUT2D eigenvalue weighted by Crippen LogP contribution is 2.42. The van der Waals surface area contributed by atoms with Crippen molar-refractivity contribution in [2.24, 2.45) is 0 Å². The van der Waals surface area contributed by atoms with Gasteiger partial charge in [0, 0.05) is 40.7 Å². The number of aromatic amines is 1. The summed E-state index contributed by atoms with van der Waals surface area (Å²) < 4.78 is 13.9. The number of carbonyl (C=O) groups excluding carboxylic acids is 2. The Kier molecular flexibility index (Phi) is 4.36. The van der Waals surface area contributed by atoms with Gasteiger partial charge < -0.3 is 10.1 Å². The molecule has 1 fully saturated rings. The Balaban J connectivity index is 1.76. The summed E-state index contributed by atoms with van der Waals surface area (Å²) in [6.45, 7) is 0. The highest BCUT2D eigenvalue weighted by molar-refractivity contribution is 6.51. The first-order chi connectivity index (χ1) is 15.1. The van der Waals surface area contributed by atoms with Crippen molar-refractivity contribution in [2.45, 2.75) is 6.04 Å². The molecule has 152 valence electrons. The van der Waals surface area contributed by atoms with Gasteiger partial charge in [-0.05, 0) is 42.0 Å². The number of carbonyl (C=O) groups is 2. The second kappa shape index (κ2) is 7.21. The van der Waals surface area contributed by atoms with E-state index in [-0.39, 0.29) is 17.0 Å². The number of ketones is 1. The van der Waals surface area contributed by atoms with E-state index in [1.54, 1.807) is 24.4 Å². The van der Waals surface area contributed by atoms with Crippen LogP contribution >= 0.6 is 0 Å². The largest absolute Gasteiger partial charge is 0.507 e. The van der Waals surface area contributed by atoms with Gasteiger partial charge in [-0.3, -0.25) is 19.5 Å². The Labute approximate surface area is 176 Å². The number of aliphatic hydroxyl groups excluding tert-OH is 1. The Hall–Kier alpha value is -4.26. The average molecular weight is 413 g/mol. The van der Waals surface area contributed by atoms with Crippen LogP contribution in [0.5, 0.6) is 0 Å². The molecule has 1 aliphatic heterocycles. The van der Waals surface area contributed by atoms with E-state index in [9.17, 15) is 19.1 Å². The first-order valence-corrected chi connectivity index (χ1v) is 9.59. The molecule has 2 N–H and O–H groups in total. The zero-order valence-electron chi connectivity index (χ0n) is 16.1. The van der Waals surface area contributed by atoms with Crippen LogP contribution in [0.4, 0.5) is 10.1 Å². The van der Waals surface area contributed by atoms with E-state index >= 15 is 0 Å². The minimum absolute atomic E-state index is 0.0646. The lowest BCUT2D eigenvalue weighted by Gasteiger charge is -2.25. The van der Waals surface area contributed by atoms with Crippen molar-refractivity contribution in [1.82, 2.24) is 9.97 Å². The van der Waals surface area contributed by atoms with Crippen LogP contribution in [-0.2, 0) is 9.59 Å². The number of nitrogens with one attached hydrogen (secondary N) is 1. The first-order valence-electron chi connectivity index (χ1n) is 9.59. The minimum atomic E-state index is -0.932. The van der Waals surface area contributed by atoms with Gasteiger partial charge in [0.2, 0.25) is 0 Å². The molecule has 4 aromatic rings. The Morgan fingerprint density at radius 3 is 2.58 bits per heavy atom. The lowest BCUT2D eigenvalue weighted by molar-refractivity contribution is -0.132. The summed E-state index contributed by atoms with van der Waals surface area (Å²) >= 11 is 0. The number of rotatable bonds is 3. The van der Waals surface area contributed by atoms with E-state index in [0.29, 0.717) is 16.5 Å². The molecule has 31 heavy (non-hydrogen) atoms. The van der Waals surface area contributed by atoms with Crippen molar-refractivity contribution in [2.75, 3.05) is 4.90 Å². The predicted octanol–water partition coefficient (Wildman–Crippen LogP) is 4.33. The van der Waals surface area contributed by atoms with Gasteiger partial charge >= 0.3 is 0 Å². The summed E-state index contributed by atoms with van der Waals surface area (Å²) in [6.07, 6.45) is 4.67. The smallest absolute Gasteiger partial charge is 0.300 e. The fourth-order valence-corrected chi connectivity index (χ4v) is 4.00. The summed E-state index contributed by atoms with van der Waals surface area (Å²) in [6, 6.07) is 15.2. The van der Waals surface area contributed by atoms with Crippen LogP contribution in [0.25, 0.3) is 16.7 Å². The van der Waals surface area contributed by atoms with Crippen LogP contribution in [0.15, 0.2) is 84.8 Å². The van der Waals surface area contributed by atoms with Gasteiger partial charge in [-0.1, -0.05) is 24.3 Å². The van der Waals surface area contributed by atoms with Crippen LogP contribution in [0.3, 0.4) is 0 Å². The zero-order chi connectivity index (χ0) is 21.5. The summed E-state index contributed by atoms with van der Waals surface area (Å²) in [5.74, 6) is -2.51. The Bertz CT molecular complexity index is 1360. The van der Waals surface area contributed by atoms with Gasteiger partial charge in [0.1, 0.15) is 11.6 Å². The van der Waals surface area contributed by atoms with Crippen LogP contribution in [0, 0.1) is 5.82 Å². The number of hydrogen-bond donors (Lipinski definition) is 2. The van der Waals surface area contributed by atoms with Gasteiger partial charge in [-0.15, -0.1) is 0 Å². The highest BCUT2D eigenvalue weighted by atomic mass is 19.1. The van der Waals surface area contributed by atoms with Crippen LogP contribution < -0.4 is 4.90 Å². The number of halogens is 1. The lowest BCUT2D eigenvalue weighted by Crippen LogP contribution is -2.29. The number of hydrogen-bond acceptors (Lipinski definition) is 4. The third kappa shape index (κ3) is 2.98. The topological polar surface area (TPSA) is 86.3 Å². The van der Waals surface area contributed by atoms with E-state index < -0.39 is 23.5 Å². The molecular formula is C24H16FN3O3. The molecule has 0 bridgehead atoms. The molecule has 2 aromatic carbocycles. The fraction of sp³-hybridized carbons (Fsp3) is 0.0417. The van der Waals surface area contributed by atoms with E-state index in [0.717, 1.165) is 5.52 Å². The number of amides is 1. The molecule has 0 spiro atoms. The number of aliphatic hydroxyl groups is 1. The van der Waals surface area contributed by atoms with Gasteiger partial charge in [-0.2, -0.15) is 0 Å². The molecule has 7 heteroatoms. The summed E-state index contributed by atoms with van der Waals surface area (Å²) in [5, 5.41) is 11.9. The maximum absolute atomic E-state index is 13.9. The third-order valence-corrected chi connectivity index (χ3v) is 5.40. The monoisotopic (exact) mass is 413 g/mol. The van der Waals surface area contributed by atoms with Crippen molar-refractivity contribution >= 4 is 34.0 Å². The predicted molar refractivity (Wildman–Crippen MR) is 114 cm³/mol. The molecule has 6 nitrogen and oxygen atoms in total. The normalized spacial score (nSPS) is 18.1. The van der Waals surface area contributed by atoms with E-state index in [1.807, 2.05) is 24.3 Å². The second-order valence-corrected chi connectivity index (χ2v) is 7.18. The van der Waals surface area contributed by atoms with Crippen LogP contribution in [0.1, 0.15) is 17.2 Å². The number of Topliss-reactive ketones (excluding diaryl/α,β-unsaturated/α-hetero) is 1. The number of para-hydroxylation sites is 1. The molecule has 5 rings (SSSR count). The van der Waals surface area contributed by atoms with E-state index in [2.05, 4.69) is 9.97 Å². The number of H-pyrrole nitrogens is 1. The molecule has 1 unspecified atom stereocenters. The standard InChI is InChI=1S/C24H16FN3O3/c25-15-4-3-5-16(12-15)28-21(14-8-10-26-11-9-14)20(23(30)24(28)31)22(29)18-13-27-19-7-2-1-6-17(18)19/h1-13,21,27,29H/b22-20-. The Morgan fingerprint density at radius 2 is 1.81 bits per heavy atom. The summed E-state index contributed by atoms with van der Waals surface area (Å²) in [4.78, 5) is 34.4. The lowest BCUT2D eigenvalue weighted by atomic mass is 9.95. The van der Waals surface area contributed by atoms with Crippen LogP contribution in [0.2, 0.25) is 0 Å². The third-order valence-electron chi connectivity index (χ3n) is 5.40. The average Bonchev–Trinajstić information content (AvgIpc) is 3.33. The van der Waals surface area contributed by atoms with Crippen molar-refractivity contribution in [3.8, 4) is 0 Å². The zero-order valence-corrected chi connectivity index (χ0v) is 16.1. The van der Waals surface area contributed by atoms with Gasteiger partial charge in [-0.25, -0.2) is 4.39 Å². The molecule has 1 saturated heterocycles. The van der Waals surface area contributed by atoms with Crippen molar-refractivity contribution < 1.29 is 19.1 Å². The molecular weight excluding hydrogens is 397 g/mol. The maximum Gasteiger partial charge on any atom is 0.300 e. The molecule has 2 aromatic heterocycles. The van der Waals surface area contributed by atoms with E-state index in [1.165, 1.54) is 35.5 Å². The highest BCUT2D eigenvalue weighted by Gasteiger charge is 2.47. The SMILES string of the molecule is O=C1C(=O)N(c2cccc(F)c2)C(c2ccncc2)/C1=C(/O)c1c[nH]c2ccccc12. The molecule has 1 atom stereocenters. The molecule has 3 heterocycles. The molecule has 1 amide bonds. The number of pyridine rings is 1. The van der Waals surface area contributed by atoms with Crippen molar-refractivity contribution in [3.63, 3.8) is 0 Å². The quantitative estimate of drug-likeness (QED) is 0.297. The fourth-order valence-electron chi connectivity index (χ4n) is 4.00. The molecule has 1 aliphatic rings. The Morgan fingerprint density at radius 1 is 1.03 bits per heavy atom. The second-order valence-electron chi connectivity index (χ2n) is 7.18. The minimum Gasteiger partial charge on any atom is -0.507 e. The van der Waals surface area contributed by atoms with Crippen molar-refractivity contribution in [3.05, 3.63) is 102 Å². The van der Waals surface area contributed by atoms with E-state index in [4.69, 9.17) is 0 Å². The summed E-state index contributed by atoms with van der Waals surface area (Å²) in [7, 11) is 0. The van der Waals surface area contributed by atoms with Crippen LogP contribution in [-0.4, -0.2) is 26.8 Å². The number of fused-ring (bicyclic) bond motifs is 1. The van der Waals surface area contributed by atoms with Gasteiger partial charge in [0.05, 0.1) is 11.6 Å². The molecule has 0 radical (unpaired) electrons. The maximum atomic E-state index is 13.9. The van der Waals surface area contributed by atoms with Gasteiger partial charge in [0.25, 0.3) is 11.7 Å². The molecule has 0 saturated carbocycles. The molecule has 0 aliphatic carbocycles. The number of nitrogens with zero attached hydrogens (tertiary/aromatic N) is 2. The summed E-state index contributed by atoms with van der Waals surface area (Å²) in [5.41, 5.74) is 1.92. The van der Waals surface area contributed by atoms with Crippen molar-refractivity contribution in [1.29, 1.82) is 0 Å². The number of aromatic nitrogens is 2. The van der Waals surface area contributed by atoms with Gasteiger partial charge in [0.15, 0.2) is 0 Å².